The maximum Gasteiger partial charge on any atom is 0.0586 e. The molecule has 0 saturated heterocycles. The lowest BCUT2D eigenvalue weighted by Gasteiger charge is -2.24. The van der Waals surface area contributed by atoms with Crippen LogP contribution in [0.2, 0.25) is 0 Å². The molecule has 1 N–H and O–H groups in total. The van der Waals surface area contributed by atoms with Crippen LogP contribution in [0.5, 0.6) is 0 Å². The van der Waals surface area contributed by atoms with Crippen LogP contribution < -0.4 is 0 Å². The summed E-state index contributed by atoms with van der Waals surface area (Å²) >= 11 is 0. The van der Waals surface area contributed by atoms with E-state index in [-0.39, 0.29) is 6.10 Å². The van der Waals surface area contributed by atoms with Gasteiger partial charge in [0.1, 0.15) is 0 Å². The molecule has 4 atom stereocenters. The summed E-state index contributed by atoms with van der Waals surface area (Å²) in [6.07, 6.45) is 3.63. The monoisotopic (exact) mass is 155 g/mol. The highest BCUT2D eigenvalue weighted by Crippen LogP contribution is 2.46. The van der Waals surface area contributed by atoms with E-state index in [1.807, 2.05) is 0 Å². The van der Waals surface area contributed by atoms with Gasteiger partial charge >= 0.3 is 0 Å². The Kier molecular flexibility index (Phi) is 1.69. The molecule has 64 valence electrons. The molecule has 2 aliphatic rings. The molecule has 0 spiro atoms. The summed E-state index contributed by atoms with van der Waals surface area (Å²) in [6, 6.07) is 0.671. The summed E-state index contributed by atoms with van der Waals surface area (Å²) in [5.41, 5.74) is 0. The second kappa shape index (κ2) is 2.46. The van der Waals surface area contributed by atoms with Crippen LogP contribution in [0.3, 0.4) is 0 Å². The fraction of sp³-hybridized carbons (Fsp3) is 1.00. The van der Waals surface area contributed by atoms with Crippen LogP contribution >= 0.6 is 0 Å². The van der Waals surface area contributed by atoms with E-state index in [9.17, 15) is 5.11 Å². The maximum absolute atomic E-state index is 9.61. The zero-order valence-corrected chi connectivity index (χ0v) is 7.33. The smallest absolute Gasteiger partial charge is 0.0586 e. The van der Waals surface area contributed by atoms with E-state index in [0.29, 0.717) is 12.0 Å². The highest BCUT2D eigenvalue weighted by Gasteiger charge is 2.48. The maximum atomic E-state index is 9.61. The van der Waals surface area contributed by atoms with E-state index in [1.165, 1.54) is 12.8 Å². The number of rotatable bonds is 1. The van der Waals surface area contributed by atoms with Gasteiger partial charge in [0.25, 0.3) is 0 Å². The number of hydrogen-bond donors (Lipinski definition) is 1. The first-order valence-corrected chi connectivity index (χ1v) is 4.54. The predicted molar refractivity (Wildman–Crippen MR) is 44.3 cm³/mol. The Morgan fingerprint density at radius 2 is 2.00 bits per heavy atom. The van der Waals surface area contributed by atoms with Gasteiger partial charge in [-0.15, -0.1) is 0 Å². The molecular formula is C9H17NO. The van der Waals surface area contributed by atoms with Gasteiger partial charge < -0.3 is 10.0 Å². The van der Waals surface area contributed by atoms with Crippen LogP contribution in [0.4, 0.5) is 0 Å². The van der Waals surface area contributed by atoms with Crippen LogP contribution in [-0.2, 0) is 0 Å². The molecule has 2 saturated carbocycles. The summed E-state index contributed by atoms with van der Waals surface area (Å²) in [4.78, 5) is 2.29. The fourth-order valence-corrected chi connectivity index (χ4v) is 3.06. The molecule has 2 aliphatic carbocycles. The molecule has 2 bridgehead atoms. The second-order valence-corrected chi connectivity index (χ2v) is 4.26. The molecule has 0 aromatic heterocycles. The number of fused-ring (bicyclic) bond motifs is 2. The van der Waals surface area contributed by atoms with Gasteiger partial charge in [-0.1, -0.05) is 0 Å². The minimum absolute atomic E-state index is 0.00106. The summed E-state index contributed by atoms with van der Waals surface area (Å²) in [5, 5.41) is 9.61. The second-order valence-electron chi connectivity index (χ2n) is 4.26. The number of aliphatic hydroxyl groups excluding tert-OH is 1. The van der Waals surface area contributed by atoms with Crippen molar-refractivity contribution in [1.29, 1.82) is 0 Å². The van der Waals surface area contributed by atoms with Gasteiger partial charge in [-0.2, -0.15) is 0 Å². The van der Waals surface area contributed by atoms with Gasteiger partial charge in [-0.25, -0.2) is 0 Å². The Balaban J connectivity index is 2.13. The van der Waals surface area contributed by atoms with E-state index in [1.54, 1.807) is 0 Å². The Morgan fingerprint density at radius 1 is 1.27 bits per heavy atom. The lowest BCUT2D eigenvalue weighted by molar-refractivity contribution is 0.100. The van der Waals surface area contributed by atoms with Crippen LogP contribution in [0.15, 0.2) is 0 Å². The van der Waals surface area contributed by atoms with Crippen molar-refractivity contribution >= 4 is 0 Å². The molecule has 2 heteroatoms. The van der Waals surface area contributed by atoms with Crippen LogP contribution in [-0.4, -0.2) is 36.2 Å². The minimum Gasteiger partial charge on any atom is -0.393 e. The minimum atomic E-state index is 0.00106. The first kappa shape index (κ1) is 7.56. The average Bonchev–Trinajstić information content (AvgIpc) is 2.41. The van der Waals surface area contributed by atoms with E-state index >= 15 is 0 Å². The summed E-state index contributed by atoms with van der Waals surface area (Å²) in [7, 11) is 4.27. The largest absolute Gasteiger partial charge is 0.393 e. The highest BCUT2D eigenvalue weighted by atomic mass is 16.3. The van der Waals surface area contributed by atoms with E-state index in [2.05, 4.69) is 19.0 Å². The van der Waals surface area contributed by atoms with Crippen molar-refractivity contribution in [3.63, 3.8) is 0 Å². The Labute approximate surface area is 68.2 Å². The van der Waals surface area contributed by atoms with E-state index in [0.717, 1.165) is 12.3 Å². The van der Waals surface area contributed by atoms with Crippen molar-refractivity contribution in [3.05, 3.63) is 0 Å². The quantitative estimate of drug-likeness (QED) is 0.602. The molecule has 2 fully saturated rings. The highest BCUT2D eigenvalue weighted by molar-refractivity contribution is 5.00. The van der Waals surface area contributed by atoms with Gasteiger partial charge in [0.2, 0.25) is 0 Å². The van der Waals surface area contributed by atoms with Crippen LogP contribution in [0, 0.1) is 11.8 Å². The Hall–Kier alpha value is -0.0800. The normalized spacial score (nSPS) is 49.1. The van der Waals surface area contributed by atoms with Gasteiger partial charge in [0.05, 0.1) is 6.10 Å². The topological polar surface area (TPSA) is 23.5 Å². The third-order valence-corrected chi connectivity index (χ3v) is 3.43. The Morgan fingerprint density at radius 3 is 2.27 bits per heavy atom. The molecule has 0 aromatic rings. The SMILES string of the molecule is CN(C)C1[C@@H]2CC[C@H]1[C@H](O)C2. The van der Waals surface area contributed by atoms with Crippen LogP contribution in [0.1, 0.15) is 19.3 Å². The molecule has 1 unspecified atom stereocenters. The van der Waals surface area contributed by atoms with Crippen molar-refractivity contribution in [2.24, 2.45) is 11.8 Å². The fourth-order valence-electron chi connectivity index (χ4n) is 3.06. The van der Waals surface area contributed by atoms with Gasteiger partial charge in [-0.3, -0.25) is 0 Å². The average molecular weight is 155 g/mol. The van der Waals surface area contributed by atoms with Crippen molar-refractivity contribution in [2.45, 2.75) is 31.4 Å². The number of nitrogens with zero attached hydrogens (tertiary/aromatic N) is 1. The lowest BCUT2D eigenvalue weighted by Crippen LogP contribution is -2.33. The molecule has 0 radical (unpaired) electrons. The van der Waals surface area contributed by atoms with Crippen molar-refractivity contribution < 1.29 is 5.11 Å². The van der Waals surface area contributed by atoms with Crippen LogP contribution in [0.25, 0.3) is 0 Å². The van der Waals surface area contributed by atoms with Crippen molar-refractivity contribution in [3.8, 4) is 0 Å². The summed E-state index contributed by atoms with van der Waals surface area (Å²) < 4.78 is 0. The number of aliphatic hydroxyl groups is 1. The molecule has 0 aliphatic heterocycles. The van der Waals surface area contributed by atoms with Gasteiger partial charge in [0.15, 0.2) is 0 Å². The summed E-state index contributed by atoms with van der Waals surface area (Å²) in [6.45, 7) is 0. The molecule has 2 rings (SSSR count). The molecular weight excluding hydrogens is 138 g/mol. The first-order valence-electron chi connectivity index (χ1n) is 4.54. The zero-order chi connectivity index (χ0) is 8.01. The van der Waals surface area contributed by atoms with E-state index < -0.39 is 0 Å². The van der Waals surface area contributed by atoms with Crippen molar-refractivity contribution in [2.75, 3.05) is 14.1 Å². The summed E-state index contributed by atoms with van der Waals surface area (Å²) in [5.74, 6) is 1.36. The van der Waals surface area contributed by atoms with Gasteiger partial charge in [0, 0.05) is 12.0 Å². The standard InChI is InChI=1S/C9H17NO/c1-10(2)9-6-3-4-7(9)8(11)5-6/h6-9,11H,3-5H2,1-2H3/t6-,7+,8-,9?/m1/s1. The third-order valence-electron chi connectivity index (χ3n) is 3.43. The lowest BCUT2D eigenvalue weighted by atomic mass is 9.98. The predicted octanol–water partition coefficient (Wildman–Crippen LogP) is 0.707. The molecule has 11 heavy (non-hydrogen) atoms. The van der Waals surface area contributed by atoms with Gasteiger partial charge in [-0.05, 0) is 39.3 Å². The zero-order valence-electron chi connectivity index (χ0n) is 7.33. The Bertz CT molecular complexity index is 158. The number of hydrogen-bond acceptors (Lipinski definition) is 2. The molecule has 0 amide bonds. The molecule has 0 heterocycles. The third kappa shape index (κ3) is 1.00. The first-order chi connectivity index (χ1) is 5.20. The molecule has 0 aromatic carbocycles. The van der Waals surface area contributed by atoms with Crippen molar-refractivity contribution in [1.82, 2.24) is 4.90 Å². The van der Waals surface area contributed by atoms with E-state index in [4.69, 9.17) is 0 Å². The molecule has 2 nitrogen and oxygen atoms in total.